The maximum Gasteiger partial charge on any atom is 0.0346 e. The van der Waals surface area contributed by atoms with Gasteiger partial charge in [-0.2, -0.15) is 11.3 Å². The van der Waals surface area contributed by atoms with Crippen LogP contribution in [0.25, 0.3) is 53.5 Å². The molecule has 0 amide bonds. The summed E-state index contributed by atoms with van der Waals surface area (Å²) in [4.78, 5) is 9.18. The van der Waals surface area contributed by atoms with Crippen LogP contribution in [0.3, 0.4) is 0 Å². The number of benzene rings is 4. The minimum atomic E-state index is -1.77. The molecule has 7 aromatic rings. The molecule has 3 heterocycles. The number of fused-ring (bicyclic) bond motifs is 4. The van der Waals surface area contributed by atoms with Gasteiger partial charge < -0.3 is 4.98 Å². The van der Waals surface area contributed by atoms with Crippen molar-refractivity contribution < 1.29 is 21.5 Å². The molecule has 7 rings (SSSR count). The van der Waals surface area contributed by atoms with Crippen molar-refractivity contribution in [2.45, 2.75) is 43.9 Å². The van der Waals surface area contributed by atoms with Crippen LogP contribution in [0.1, 0.15) is 32.2 Å². The van der Waals surface area contributed by atoms with E-state index in [0.717, 1.165) is 28.1 Å². The minimum Gasteiger partial charge on any atom is -0.305 e. The van der Waals surface area contributed by atoms with E-state index in [1.807, 2.05) is 50.2 Å². The Balaban J connectivity index is 0.000000193. The summed E-state index contributed by atoms with van der Waals surface area (Å²) in [6.45, 7) is 6.00. The predicted molar refractivity (Wildman–Crippen MR) is 189 cm³/mol. The van der Waals surface area contributed by atoms with Gasteiger partial charge in [-0.25, -0.2) is 0 Å². The molecule has 0 fully saturated rings. The molecule has 0 atom stereocenters. The first kappa shape index (κ1) is 30.9. The zero-order chi connectivity index (χ0) is 31.1. The van der Waals surface area contributed by atoms with Crippen molar-refractivity contribution >= 4 is 59.9 Å². The Bertz CT molecular complexity index is 2110. The average Bonchev–Trinajstić information content (AvgIpc) is 3.37. The second-order valence-electron chi connectivity index (χ2n) is 12.2. The number of nitrogens with zero attached hydrogens (tertiary/aromatic N) is 2. The molecule has 0 bridgehead atoms. The van der Waals surface area contributed by atoms with E-state index in [1.165, 1.54) is 40.9 Å². The SMILES string of the molecule is Cc1cc(-c2[c-]cccc2)nc[c]1[Ge]([CH3])([CH3])[CH3].[2H]C(C)(C)c1ccnc(-c2[c-]ccc3c2sc2cc4ccccc4cc23)c1.[Ir]. The predicted octanol–water partition coefficient (Wildman–Crippen LogP) is 10.6. The standard InChI is InChI=1S/C24H18NS.C15H18GeN.Ir/c1-15(2)16-10-11-25-22(13-16)20-9-5-8-19-21-12-17-6-3-4-7-18(17)14-23(21)26-24(19)20;1-12-10-15(13-8-6-5-7-9-13)17-11-14(12)16(2,3)4;/h3-8,10-15H,1-2H3;5-8,10-11H,1-4H3;/q2*-1;/i15D;;. The van der Waals surface area contributed by atoms with E-state index < -0.39 is 19.2 Å². The van der Waals surface area contributed by atoms with Crippen LogP contribution in [-0.2, 0) is 20.1 Å². The number of hydrogen-bond acceptors (Lipinski definition) is 3. The first-order chi connectivity index (χ1) is 21.0. The molecule has 3 aromatic heterocycles. The van der Waals surface area contributed by atoms with Gasteiger partial charge in [-0.05, 0) is 50.6 Å². The fourth-order valence-corrected chi connectivity index (χ4v) is 10.4. The number of aryl methyl sites for hydroxylation is 1. The summed E-state index contributed by atoms with van der Waals surface area (Å²) >= 11 is 0.0206. The van der Waals surface area contributed by atoms with E-state index in [9.17, 15) is 0 Å². The Kier molecular flexibility index (Phi) is 9.44. The van der Waals surface area contributed by atoms with Crippen molar-refractivity contribution in [1.82, 2.24) is 9.97 Å². The monoisotopic (exact) mass is 832 g/mol. The number of thiophene rings is 1. The van der Waals surface area contributed by atoms with E-state index in [2.05, 4.69) is 107 Å². The van der Waals surface area contributed by atoms with Gasteiger partial charge in [-0.15, -0.1) is 23.8 Å². The van der Waals surface area contributed by atoms with Crippen LogP contribution in [0, 0.1) is 19.1 Å². The van der Waals surface area contributed by atoms with E-state index in [-0.39, 0.29) is 20.1 Å². The molecular weight excluding hydrogens is 793 g/mol. The average molecular weight is 831 g/mol. The molecule has 0 aliphatic carbocycles. The second-order valence-corrected chi connectivity index (χ2v) is 23.9. The molecule has 0 aliphatic rings. The molecule has 5 heteroatoms. The maximum atomic E-state index is 8.33. The van der Waals surface area contributed by atoms with Gasteiger partial charge in [-0.1, -0.05) is 55.1 Å². The van der Waals surface area contributed by atoms with E-state index >= 15 is 0 Å². The fourth-order valence-electron chi connectivity index (χ4n) is 5.54. The van der Waals surface area contributed by atoms with Gasteiger partial charge in [0.2, 0.25) is 0 Å². The van der Waals surface area contributed by atoms with E-state index in [1.54, 1.807) is 17.5 Å². The first-order valence-corrected chi connectivity index (χ1v) is 22.8. The van der Waals surface area contributed by atoms with Crippen molar-refractivity contribution in [2.75, 3.05) is 0 Å². The molecule has 2 nitrogen and oxygen atoms in total. The zero-order valence-corrected chi connectivity index (χ0v) is 31.3. The van der Waals surface area contributed by atoms with Crippen LogP contribution in [-0.4, -0.2) is 23.2 Å². The molecule has 1 radical (unpaired) electrons. The summed E-state index contributed by atoms with van der Waals surface area (Å²) in [6, 6.07) is 37.9. The Hall–Kier alpha value is -3.15. The van der Waals surface area contributed by atoms with Gasteiger partial charge in [-0.3, -0.25) is 0 Å². The second kappa shape index (κ2) is 13.5. The number of rotatable bonds is 4. The van der Waals surface area contributed by atoms with E-state index in [4.69, 9.17) is 1.37 Å². The number of hydrogen-bond donors (Lipinski definition) is 0. The van der Waals surface area contributed by atoms with Gasteiger partial charge >= 0.3 is 106 Å². The Morgan fingerprint density at radius 2 is 1.55 bits per heavy atom. The minimum absolute atomic E-state index is 0. The number of pyridine rings is 2. The normalized spacial score (nSPS) is 12.0. The Labute approximate surface area is 282 Å². The molecule has 0 saturated heterocycles. The third-order valence-electron chi connectivity index (χ3n) is 7.80. The van der Waals surface area contributed by atoms with E-state index in [0.29, 0.717) is 0 Å². The van der Waals surface area contributed by atoms with Crippen LogP contribution in [0.5, 0.6) is 0 Å². The zero-order valence-electron chi connectivity index (χ0n) is 27.0. The Morgan fingerprint density at radius 1 is 0.795 bits per heavy atom. The van der Waals surface area contributed by atoms with Gasteiger partial charge in [0.1, 0.15) is 0 Å². The molecule has 4 aromatic carbocycles. The molecule has 0 N–H and O–H groups in total. The topological polar surface area (TPSA) is 25.8 Å². The summed E-state index contributed by atoms with van der Waals surface area (Å²) < 4.78 is 12.3. The summed E-state index contributed by atoms with van der Waals surface area (Å²) in [6.07, 6.45) is 3.88. The summed E-state index contributed by atoms with van der Waals surface area (Å²) in [7, 11) is 0. The largest absolute Gasteiger partial charge is 0.305 e. The van der Waals surface area contributed by atoms with Crippen LogP contribution in [0.15, 0.2) is 103 Å². The van der Waals surface area contributed by atoms with Crippen LogP contribution in [0.2, 0.25) is 17.3 Å². The van der Waals surface area contributed by atoms with Gasteiger partial charge in [0.05, 0.1) is 0 Å². The van der Waals surface area contributed by atoms with Crippen molar-refractivity contribution in [3.63, 3.8) is 0 Å². The third-order valence-corrected chi connectivity index (χ3v) is 13.5. The van der Waals surface area contributed by atoms with Gasteiger partial charge in [0, 0.05) is 32.4 Å². The van der Waals surface area contributed by atoms with Crippen molar-refractivity contribution in [1.29, 1.82) is 0 Å². The Morgan fingerprint density at radius 3 is 2.23 bits per heavy atom. The van der Waals surface area contributed by atoms with Crippen molar-refractivity contribution in [3.05, 3.63) is 127 Å². The molecule has 0 spiro atoms. The fraction of sp³-hybridized carbons (Fsp3) is 0.179. The van der Waals surface area contributed by atoms with Crippen molar-refractivity contribution in [2.24, 2.45) is 0 Å². The summed E-state index contributed by atoms with van der Waals surface area (Å²) in [5.74, 6) is 6.55. The quantitative estimate of drug-likeness (QED) is 0.130. The smallest absolute Gasteiger partial charge is 0.0346 e. The van der Waals surface area contributed by atoms with Crippen LogP contribution in [0.4, 0.5) is 0 Å². The molecule has 223 valence electrons. The third kappa shape index (κ3) is 6.74. The number of aromatic nitrogens is 2. The molecule has 44 heavy (non-hydrogen) atoms. The summed E-state index contributed by atoms with van der Waals surface area (Å²) in [5.41, 5.74) is 6.34. The first-order valence-electron chi connectivity index (χ1n) is 15.2. The van der Waals surface area contributed by atoms with Crippen LogP contribution >= 0.6 is 11.3 Å². The van der Waals surface area contributed by atoms with Crippen molar-refractivity contribution in [3.8, 4) is 22.5 Å². The molecule has 0 aliphatic heterocycles. The molecule has 0 unspecified atom stereocenters. The summed E-state index contributed by atoms with van der Waals surface area (Å²) in [5, 5.41) is 5.04. The van der Waals surface area contributed by atoms with Gasteiger partial charge in [0.25, 0.3) is 0 Å². The molecule has 0 saturated carbocycles. The maximum absolute atomic E-state index is 8.33. The van der Waals surface area contributed by atoms with Gasteiger partial charge in [0.15, 0.2) is 0 Å². The van der Waals surface area contributed by atoms with Crippen LogP contribution < -0.4 is 4.40 Å². The molecular formula is C39H36GeIrN2S-2.